The Bertz CT molecular complexity index is 1070. The van der Waals surface area contributed by atoms with Gasteiger partial charge in [0.2, 0.25) is 0 Å². The van der Waals surface area contributed by atoms with Gasteiger partial charge in [-0.3, -0.25) is 13.8 Å². The first kappa shape index (κ1) is 61.4. The van der Waals surface area contributed by atoms with Crippen LogP contribution in [0.5, 0.6) is 0 Å². The number of hydrogen-bond donors (Lipinski definition) is 6. The van der Waals surface area contributed by atoms with Crippen LogP contribution in [0.2, 0.25) is 0 Å². The molecule has 1 fully saturated rings. The Morgan fingerprint density at radius 2 is 0.734 bits per heavy atom. The van der Waals surface area contributed by atoms with Crippen molar-refractivity contribution in [3.63, 3.8) is 0 Å². The molecule has 1 aliphatic rings. The van der Waals surface area contributed by atoms with Crippen molar-refractivity contribution in [3.05, 3.63) is 0 Å². The molecule has 1 aliphatic carbocycles. The van der Waals surface area contributed by atoms with E-state index >= 15 is 0 Å². The summed E-state index contributed by atoms with van der Waals surface area (Å²) in [5, 5.41) is 50.3. The topological polar surface area (TPSA) is 192 Å². The lowest BCUT2D eigenvalue weighted by Crippen LogP contribution is -2.64. The van der Waals surface area contributed by atoms with Crippen molar-refractivity contribution >= 4 is 13.8 Å². The van der Waals surface area contributed by atoms with Gasteiger partial charge < -0.3 is 39.9 Å². The van der Waals surface area contributed by atoms with Crippen LogP contribution in [0.3, 0.4) is 0 Å². The Balaban J connectivity index is 2.27. The second-order valence-corrected chi connectivity index (χ2v) is 20.5. The number of rotatable bonds is 47. The summed E-state index contributed by atoms with van der Waals surface area (Å²) in [6.07, 6.45) is 34.6. The summed E-state index contributed by atoms with van der Waals surface area (Å²) in [7, 11) is -5.01. The van der Waals surface area contributed by atoms with Gasteiger partial charge >= 0.3 is 13.8 Å². The molecule has 0 aliphatic heterocycles. The fourth-order valence-corrected chi connectivity index (χ4v) is 9.68. The average Bonchev–Trinajstić information content (AvgIpc) is 3.28. The molecule has 0 saturated heterocycles. The molecule has 6 unspecified atom stereocenters. The molecular weight excluding hydrogens is 836 g/mol. The number of aliphatic hydroxyl groups is 5. The van der Waals surface area contributed by atoms with Crippen LogP contribution < -0.4 is 0 Å². The summed E-state index contributed by atoms with van der Waals surface area (Å²) >= 11 is 0. The van der Waals surface area contributed by atoms with E-state index in [4.69, 9.17) is 18.5 Å². The molecule has 0 spiro atoms. The first-order valence-corrected chi connectivity index (χ1v) is 28.4. The molecule has 0 aromatic heterocycles. The molecular formula is C51H101O12P. The van der Waals surface area contributed by atoms with Gasteiger partial charge in [-0.15, -0.1) is 0 Å². The quantitative estimate of drug-likeness (QED) is 0.0192. The number of hydrogen-bond acceptors (Lipinski definition) is 11. The maximum atomic E-state index is 12.8. The van der Waals surface area contributed by atoms with Gasteiger partial charge in [0.1, 0.15) is 42.7 Å². The summed E-state index contributed by atoms with van der Waals surface area (Å²) in [6, 6.07) is 0. The van der Waals surface area contributed by atoms with Crippen LogP contribution in [0.1, 0.15) is 258 Å². The highest BCUT2D eigenvalue weighted by atomic mass is 31.2. The van der Waals surface area contributed by atoms with Crippen molar-refractivity contribution < 1.29 is 58.3 Å². The summed E-state index contributed by atoms with van der Waals surface area (Å²) < 4.78 is 34.3. The average molecular weight is 937 g/mol. The van der Waals surface area contributed by atoms with Crippen molar-refractivity contribution in [2.75, 3.05) is 19.8 Å². The fraction of sp³-hybridized carbons (Fsp3) is 0.980. The number of carbonyl (C=O) groups excluding carboxylic acids is 1. The Kier molecular flexibility index (Phi) is 40.7. The van der Waals surface area contributed by atoms with Crippen molar-refractivity contribution in [2.45, 2.75) is 301 Å². The van der Waals surface area contributed by atoms with Crippen molar-refractivity contribution in [1.82, 2.24) is 0 Å². The SMILES string of the molecule is CCCCCCCCCCCCCCCCCCCCCCCCCC(=O)O[C@H](COCCCCCCCCCCCCCCCC)COP(=O)(O)OC1C(O)C(O)C(O)[C@@H](O)C1O. The van der Waals surface area contributed by atoms with Gasteiger partial charge in [-0.2, -0.15) is 0 Å². The van der Waals surface area contributed by atoms with Crippen molar-refractivity contribution in [1.29, 1.82) is 0 Å². The van der Waals surface area contributed by atoms with Crippen LogP contribution in [-0.4, -0.2) is 98.9 Å². The Morgan fingerprint density at radius 1 is 0.438 bits per heavy atom. The van der Waals surface area contributed by atoms with Gasteiger partial charge in [-0.05, 0) is 12.8 Å². The molecule has 1 rings (SSSR count). The normalized spacial score (nSPS) is 21.6. The minimum absolute atomic E-state index is 0.0676. The van der Waals surface area contributed by atoms with Gasteiger partial charge in [0.05, 0.1) is 13.2 Å². The highest BCUT2D eigenvalue weighted by molar-refractivity contribution is 7.47. The van der Waals surface area contributed by atoms with E-state index in [-0.39, 0.29) is 13.0 Å². The summed E-state index contributed by atoms with van der Waals surface area (Å²) in [6.45, 7) is 4.32. The predicted octanol–water partition coefficient (Wildman–Crippen LogP) is 12.1. The van der Waals surface area contributed by atoms with Gasteiger partial charge in [0, 0.05) is 13.0 Å². The fourth-order valence-electron chi connectivity index (χ4n) is 8.71. The molecule has 6 N–H and O–H groups in total. The molecule has 0 bridgehead atoms. The van der Waals surface area contributed by atoms with E-state index in [0.29, 0.717) is 13.0 Å². The molecule has 0 heterocycles. The molecule has 0 radical (unpaired) electrons. The van der Waals surface area contributed by atoms with E-state index in [9.17, 15) is 39.8 Å². The third kappa shape index (κ3) is 33.8. The molecule has 1 saturated carbocycles. The summed E-state index contributed by atoms with van der Waals surface area (Å²) in [4.78, 5) is 23.2. The summed E-state index contributed by atoms with van der Waals surface area (Å²) in [5.41, 5.74) is 0. The van der Waals surface area contributed by atoms with Crippen molar-refractivity contribution in [2.24, 2.45) is 0 Å². The Labute approximate surface area is 391 Å². The van der Waals surface area contributed by atoms with Crippen LogP contribution in [0.4, 0.5) is 0 Å². The zero-order chi connectivity index (χ0) is 46.9. The van der Waals surface area contributed by atoms with E-state index in [1.807, 2.05) is 0 Å². The number of esters is 1. The van der Waals surface area contributed by atoms with E-state index in [1.54, 1.807) is 0 Å². The summed E-state index contributed by atoms with van der Waals surface area (Å²) in [5.74, 6) is -0.468. The predicted molar refractivity (Wildman–Crippen MR) is 258 cm³/mol. The lowest BCUT2D eigenvalue weighted by Gasteiger charge is -2.41. The Morgan fingerprint density at radius 3 is 1.08 bits per heavy atom. The highest BCUT2D eigenvalue weighted by Gasteiger charge is 2.51. The molecule has 8 atom stereocenters. The smallest absolute Gasteiger partial charge is 0.457 e. The third-order valence-electron chi connectivity index (χ3n) is 13.0. The van der Waals surface area contributed by atoms with E-state index in [2.05, 4.69) is 13.8 Å². The lowest BCUT2D eigenvalue weighted by molar-refractivity contribution is -0.220. The molecule has 13 heteroatoms. The van der Waals surface area contributed by atoms with Crippen LogP contribution in [0, 0.1) is 0 Å². The van der Waals surface area contributed by atoms with Gasteiger partial charge in [0.25, 0.3) is 0 Å². The standard InChI is InChI=1S/C51H101O12P/c1-3-5-7-9-11-13-15-17-19-20-21-22-23-24-25-26-27-28-30-32-34-36-38-40-45(52)62-44(42-60-41-39-37-35-33-31-29-18-16-14-12-10-8-6-4-2)43-61-64(58,59)63-51-49(56)47(54)46(53)48(55)50(51)57/h44,46-51,53-57H,3-43H2,1-2H3,(H,58,59)/t44-,46?,47-,48?,49?,50?,51?/m1/s1. The number of ether oxygens (including phenoxy) is 2. The minimum Gasteiger partial charge on any atom is -0.457 e. The third-order valence-corrected chi connectivity index (χ3v) is 14.0. The van der Waals surface area contributed by atoms with E-state index in [1.165, 1.54) is 193 Å². The molecule has 0 amide bonds. The first-order valence-electron chi connectivity index (χ1n) is 26.9. The maximum absolute atomic E-state index is 12.8. The van der Waals surface area contributed by atoms with Crippen LogP contribution in [0.15, 0.2) is 0 Å². The minimum atomic E-state index is -5.01. The molecule has 12 nitrogen and oxygen atoms in total. The van der Waals surface area contributed by atoms with Gasteiger partial charge in [0.15, 0.2) is 0 Å². The molecule has 0 aromatic carbocycles. The molecule has 0 aromatic rings. The zero-order valence-electron chi connectivity index (χ0n) is 41.1. The molecule has 382 valence electrons. The number of aliphatic hydroxyl groups excluding tert-OH is 5. The second kappa shape index (κ2) is 42.4. The highest BCUT2D eigenvalue weighted by Crippen LogP contribution is 2.47. The van der Waals surface area contributed by atoms with Crippen molar-refractivity contribution in [3.8, 4) is 0 Å². The van der Waals surface area contributed by atoms with Crippen LogP contribution in [0.25, 0.3) is 0 Å². The lowest BCUT2D eigenvalue weighted by atomic mass is 9.85. The van der Waals surface area contributed by atoms with Gasteiger partial charge in [-0.1, -0.05) is 239 Å². The Hall–Kier alpha value is -0.660. The van der Waals surface area contributed by atoms with Crippen LogP contribution in [-0.2, 0) is 27.9 Å². The van der Waals surface area contributed by atoms with E-state index in [0.717, 1.165) is 38.5 Å². The number of unbranched alkanes of at least 4 members (excludes halogenated alkanes) is 35. The number of phosphoric ester groups is 1. The van der Waals surface area contributed by atoms with Gasteiger partial charge in [-0.25, -0.2) is 4.57 Å². The second-order valence-electron chi connectivity index (χ2n) is 19.1. The van der Waals surface area contributed by atoms with E-state index < -0.39 is 63.1 Å². The number of carbonyl (C=O) groups is 1. The number of phosphoric acid groups is 1. The monoisotopic (exact) mass is 937 g/mol. The maximum Gasteiger partial charge on any atom is 0.472 e. The van der Waals surface area contributed by atoms with Crippen LogP contribution >= 0.6 is 7.82 Å². The molecule has 64 heavy (non-hydrogen) atoms. The first-order chi connectivity index (χ1) is 31.0. The largest absolute Gasteiger partial charge is 0.472 e. The zero-order valence-corrected chi connectivity index (χ0v) is 42.0.